The fourth-order valence-corrected chi connectivity index (χ4v) is 3.21. The third-order valence-electron chi connectivity index (χ3n) is 4.42. The Bertz CT molecular complexity index is 1190. The summed E-state index contributed by atoms with van der Waals surface area (Å²) in [4.78, 5) is 21.5. The topological polar surface area (TPSA) is 81.5 Å². The van der Waals surface area contributed by atoms with Gasteiger partial charge in [-0.15, -0.1) is 0 Å². The first-order valence-electron chi connectivity index (χ1n) is 8.13. The monoisotopic (exact) mass is 346 g/mol. The predicted molar refractivity (Wildman–Crippen MR) is 95.3 cm³/mol. The molecule has 4 heterocycles. The van der Waals surface area contributed by atoms with Crippen LogP contribution >= 0.6 is 0 Å². The van der Waals surface area contributed by atoms with Crippen molar-refractivity contribution in [3.05, 3.63) is 64.8 Å². The highest BCUT2D eigenvalue weighted by Gasteiger charge is 2.18. The summed E-state index contributed by atoms with van der Waals surface area (Å²) in [6.45, 7) is 2.12. The number of rotatable bonds is 2. The van der Waals surface area contributed by atoms with Gasteiger partial charge in [-0.2, -0.15) is 0 Å². The molecule has 0 saturated heterocycles. The largest absolute Gasteiger partial charge is 0.454 e. The average molecular weight is 346 g/mol. The van der Waals surface area contributed by atoms with Gasteiger partial charge in [-0.3, -0.25) is 14.9 Å². The first-order chi connectivity index (χ1) is 12.7. The van der Waals surface area contributed by atoms with Crippen molar-refractivity contribution in [2.24, 2.45) is 0 Å². The number of hydrogen-bond donors (Lipinski definition) is 1. The number of ether oxygens (including phenoxy) is 2. The third kappa shape index (κ3) is 2.17. The minimum atomic E-state index is -0.180. The van der Waals surface area contributed by atoms with Gasteiger partial charge >= 0.3 is 0 Å². The maximum absolute atomic E-state index is 12.6. The van der Waals surface area contributed by atoms with Crippen molar-refractivity contribution in [3.8, 4) is 33.9 Å². The molecule has 4 aromatic rings. The zero-order valence-corrected chi connectivity index (χ0v) is 13.9. The van der Waals surface area contributed by atoms with E-state index in [0.29, 0.717) is 22.8 Å². The van der Waals surface area contributed by atoms with Crippen molar-refractivity contribution in [2.75, 3.05) is 6.79 Å². The zero-order chi connectivity index (χ0) is 17.7. The van der Waals surface area contributed by atoms with Crippen molar-refractivity contribution in [1.82, 2.24) is 19.6 Å². The van der Waals surface area contributed by atoms with E-state index < -0.39 is 0 Å². The molecule has 0 atom stereocenters. The smallest absolute Gasteiger partial charge is 0.273 e. The molecule has 1 aromatic carbocycles. The number of nitrogens with zero attached hydrogens (tertiary/aromatic N) is 3. The first kappa shape index (κ1) is 14.7. The molecule has 5 rings (SSSR count). The molecule has 7 heteroatoms. The van der Waals surface area contributed by atoms with E-state index in [1.165, 1.54) is 10.6 Å². The van der Waals surface area contributed by atoms with E-state index >= 15 is 0 Å². The first-order valence-corrected chi connectivity index (χ1v) is 8.13. The second-order valence-corrected chi connectivity index (χ2v) is 6.06. The maximum atomic E-state index is 12.6. The summed E-state index contributed by atoms with van der Waals surface area (Å²) < 4.78 is 12.2. The van der Waals surface area contributed by atoms with Crippen molar-refractivity contribution in [2.45, 2.75) is 6.92 Å². The molecule has 1 aliphatic rings. The Morgan fingerprint density at radius 3 is 2.85 bits per heavy atom. The highest BCUT2D eigenvalue weighted by molar-refractivity contribution is 5.80. The summed E-state index contributed by atoms with van der Waals surface area (Å²) in [5.41, 5.74) is 4.38. The summed E-state index contributed by atoms with van der Waals surface area (Å²) in [5.74, 6) is 1.35. The van der Waals surface area contributed by atoms with Crippen molar-refractivity contribution < 1.29 is 9.47 Å². The standard InChI is InChI=1S/C19H14N4O3/c1-11-18(13-3-2-6-20-9-13)19-21-14(8-17(24)23(19)22-11)12-4-5-15-16(7-12)26-10-25-15/h2-9,22H,10H2,1H3. The highest BCUT2D eigenvalue weighted by atomic mass is 16.7. The average Bonchev–Trinajstić information content (AvgIpc) is 3.25. The number of aromatic amines is 1. The molecular weight excluding hydrogens is 332 g/mol. The van der Waals surface area contributed by atoms with E-state index in [1.54, 1.807) is 12.4 Å². The Hall–Kier alpha value is -3.61. The van der Waals surface area contributed by atoms with Crippen molar-refractivity contribution in [3.63, 3.8) is 0 Å². The number of benzene rings is 1. The van der Waals surface area contributed by atoms with E-state index in [-0.39, 0.29) is 12.4 Å². The molecule has 0 radical (unpaired) electrons. The van der Waals surface area contributed by atoms with Gasteiger partial charge < -0.3 is 9.47 Å². The summed E-state index contributed by atoms with van der Waals surface area (Å²) >= 11 is 0. The normalized spacial score (nSPS) is 12.7. The van der Waals surface area contributed by atoms with E-state index in [4.69, 9.17) is 14.5 Å². The quantitative estimate of drug-likeness (QED) is 0.603. The molecule has 0 bridgehead atoms. The van der Waals surface area contributed by atoms with Crippen molar-refractivity contribution in [1.29, 1.82) is 0 Å². The fraction of sp³-hybridized carbons (Fsp3) is 0.105. The Labute approximate surface area is 147 Å². The van der Waals surface area contributed by atoms with Gasteiger partial charge in [0, 0.05) is 40.8 Å². The zero-order valence-electron chi connectivity index (χ0n) is 13.9. The lowest BCUT2D eigenvalue weighted by molar-refractivity contribution is 0.174. The molecule has 0 amide bonds. The molecule has 0 saturated carbocycles. The third-order valence-corrected chi connectivity index (χ3v) is 4.42. The summed E-state index contributed by atoms with van der Waals surface area (Å²) in [6, 6.07) is 10.8. The summed E-state index contributed by atoms with van der Waals surface area (Å²) in [5, 5.41) is 3.08. The number of aryl methyl sites for hydroxylation is 1. The van der Waals surface area contributed by atoms with Crippen LogP contribution in [0.1, 0.15) is 5.69 Å². The second kappa shape index (κ2) is 5.45. The van der Waals surface area contributed by atoms with Crippen LogP contribution in [-0.4, -0.2) is 26.4 Å². The molecule has 0 unspecified atom stereocenters. The molecule has 0 fully saturated rings. The van der Waals surface area contributed by atoms with Gasteiger partial charge in [-0.1, -0.05) is 6.07 Å². The Morgan fingerprint density at radius 2 is 2.00 bits per heavy atom. The lowest BCUT2D eigenvalue weighted by Crippen LogP contribution is -2.14. The van der Waals surface area contributed by atoms with Crippen molar-refractivity contribution >= 4 is 5.65 Å². The summed E-state index contributed by atoms with van der Waals surface area (Å²) in [6.07, 6.45) is 3.47. The number of aromatic nitrogens is 4. The van der Waals surface area contributed by atoms with E-state index in [2.05, 4.69) is 10.1 Å². The van der Waals surface area contributed by atoms with Gasteiger partial charge in [0.15, 0.2) is 17.1 Å². The Morgan fingerprint density at radius 1 is 1.12 bits per heavy atom. The van der Waals surface area contributed by atoms with Crippen LogP contribution in [0.25, 0.3) is 28.0 Å². The molecular formula is C19H14N4O3. The lowest BCUT2D eigenvalue weighted by Gasteiger charge is -2.04. The van der Waals surface area contributed by atoms with Crippen LogP contribution in [0.4, 0.5) is 0 Å². The van der Waals surface area contributed by atoms with Gasteiger partial charge in [0.25, 0.3) is 5.56 Å². The van der Waals surface area contributed by atoms with Gasteiger partial charge in [0.1, 0.15) is 0 Å². The molecule has 3 aromatic heterocycles. The number of nitrogens with one attached hydrogen (secondary N) is 1. The number of H-pyrrole nitrogens is 1. The van der Waals surface area contributed by atoms with Gasteiger partial charge in [-0.05, 0) is 31.2 Å². The minimum Gasteiger partial charge on any atom is -0.454 e. The van der Waals surface area contributed by atoms with Crippen LogP contribution < -0.4 is 15.0 Å². The minimum absolute atomic E-state index is 0.180. The van der Waals surface area contributed by atoms with E-state index in [1.807, 2.05) is 37.3 Å². The van der Waals surface area contributed by atoms with Crippen LogP contribution in [0.5, 0.6) is 11.5 Å². The fourth-order valence-electron chi connectivity index (χ4n) is 3.21. The predicted octanol–water partition coefficient (Wildman–Crippen LogP) is 2.79. The molecule has 128 valence electrons. The van der Waals surface area contributed by atoms with Gasteiger partial charge in [0.05, 0.1) is 5.69 Å². The van der Waals surface area contributed by atoms with Gasteiger partial charge in [0.2, 0.25) is 6.79 Å². The van der Waals surface area contributed by atoms with E-state index in [0.717, 1.165) is 22.4 Å². The maximum Gasteiger partial charge on any atom is 0.273 e. The molecule has 0 aliphatic carbocycles. The molecule has 26 heavy (non-hydrogen) atoms. The molecule has 7 nitrogen and oxygen atoms in total. The van der Waals surface area contributed by atoms with Crippen LogP contribution in [0.3, 0.4) is 0 Å². The second-order valence-electron chi connectivity index (χ2n) is 6.06. The van der Waals surface area contributed by atoms with Gasteiger partial charge in [-0.25, -0.2) is 9.50 Å². The van der Waals surface area contributed by atoms with Crippen LogP contribution in [0.2, 0.25) is 0 Å². The van der Waals surface area contributed by atoms with E-state index in [9.17, 15) is 4.79 Å². The molecule has 1 N–H and O–H groups in total. The van der Waals surface area contributed by atoms with Crippen LogP contribution in [0.15, 0.2) is 53.6 Å². The SMILES string of the molecule is Cc1[nH]n2c(=O)cc(-c3ccc4c(c3)OCO4)nc2c1-c1cccnc1. The molecule has 0 spiro atoms. The molecule has 1 aliphatic heterocycles. The van der Waals surface area contributed by atoms with Crippen LogP contribution in [-0.2, 0) is 0 Å². The Kier molecular flexibility index (Phi) is 3.08. The van der Waals surface area contributed by atoms with Crippen LogP contribution in [0, 0.1) is 6.92 Å². The number of hydrogen-bond acceptors (Lipinski definition) is 5. The number of fused-ring (bicyclic) bond motifs is 2. The highest BCUT2D eigenvalue weighted by Crippen LogP contribution is 2.35. The Balaban J connectivity index is 1.75. The summed E-state index contributed by atoms with van der Waals surface area (Å²) in [7, 11) is 0. The lowest BCUT2D eigenvalue weighted by atomic mass is 10.1. The number of pyridine rings is 1.